The Morgan fingerprint density at radius 2 is 2.06 bits per heavy atom. The van der Waals surface area contributed by atoms with Crippen molar-refractivity contribution in [1.82, 2.24) is 10.2 Å². The molecule has 16 heavy (non-hydrogen) atoms. The van der Waals surface area contributed by atoms with E-state index in [1.807, 2.05) is 11.8 Å². The van der Waals surface area contributed by atoms with Gasteiger partial charge in [-0.25, -0.2) is 0 Å². The zero-order valence-corrected chi connectivity index (χ0v) is 11.4. The smallest absolute Gasteiger partial charge is 0.226 e. The van der Waals surface area contributed by atoms with Gasteiger partial charge in [0.1, 0.15) is 0 Å². The SMILES string of the molecule is C[C@@H]1CNCCN1C(=O)C1CCSCC1.Cl. The van der Waals surface area contributed by atoms with Crippen LogP contribution in [0, 0.1) is 5.92 Å². The van der Waals surface area contributed by atoms with Gasteiger partial charge in [-0.2, -0.15) is 11.8 Å². The summed E-state index contributed by atoms with van der Waals surface area (Å²) in [5, 5.41) is 3.32. The van der Waals surface area contributed by atoms with Crippen LogP contribution in [-0.2, 0) is 4.79 Å². The van der Waals surface area contributed by atoms with Crippen molar-refractivity contribution in [2.75, 3.05) is 31.1 Å². The highest BCUT2D eigenvalue weighted by atomic mass is 35.5. The van der Waals surface area contributed by atoms with Crippen LogP contribution in [0.2, 0.25) is 0 Å². The van der Waals surface area contributed by atoms with Gasteiger partial charge in [0.05, 0.1) is 0 Å². The molecule has 94 valence electrons. The number of rotatable bonds is 1. The highest BCUT2D eigenvalue weighted by Gasteiger charge is 2.29. The first kappa shape index (κ1) is 14.1. The summed E-state index contributed by atoms with van der Waals surface area (Å²) in [6, 6.07) is 0.376. The van der Waals surface area contributed by atoms with Crippen molar-refractivity contribution in [3.8, 4) is 0 Å². The molecule has 2 aliphatic rings. The van der Waals surface area contributed by atoms with E-state index in [0.29, 0.717) is 17.9 Å². The minimum atomic E-state index is 0. The van der Waals surface area contributed by atoms with Gasteiger partial charge in [-0.3, -0.25) is 4.79 Å². The predicted molar refractivity (Wildman–Crippen MR) is 71.3 cm³/mol. The summed E-state index contributed by atoms with van der Waals surface area (Å²) in [6.45, 7) is 4.94. The molecule has 5 heteroatoms. The van der Waals surface area contributed by atoms with E-state index in [2.05, 4.69) is 17.1 Å². The molecule has 0 radical (unpaired) electrons. The summed E-state index contributed by atoms with van der Waals surface area (Å²) >= 11 is 1.98. The van der Waals surface area contributed by atoms with E-state index in [0.717, 1.165) is 44.0 Å². The Morgan fingerprint density at radius 1 is 1.38 bits per heavy atom. The van der Waals surface area contributed by atoms with Crippen molar-refractivity contribution in [3.63, 3.8) is 0 Å². The van der Waals surface area contributed by atoms with Crippen LogP contribution >= 0.6 is 24.2 Å². The molecule has 1 N–H and O–H groups in total. The third kappa shape index (κ3) is 3.28. The van der Waals surface area contributed by atoms with Gasteiger partial charge in [0, 0.05) is 31.6 Å². The van der Waals surface area contributed by atoms with Gasteiger partial charge in [0.25, 0.3) is 0 Å². The van der Waals surface area contributed by atoms with Gasteiger partial charge in [-0.15, -0.1) is 12.4 Å². The van der Waals surface area contributed by atoms with E-state index in [9.17, 15) is 4.79 Å². The molecule has 2 aliphatic heterocycles. The maximum absolute atomic E-state index is 12.3. The van der Waals surface area contributed by atoms with Gasteiger partial charge in [-0.05, 0) is 31.3 Å². The minimum absolute atomic E-state index is 0. The van der Waals surface area contributed by atoms with Crippen LogP contribution in [0.1, 0.15) is 19.8 Å². The number of nitrogens with zero attached hydrogens (tertiary/aromatic N) is 1. The van der Waals surface area contributed by atoms with Crippen LogP contribution in [0.3, 0.4) is 0 Å². The van der Waals surface area contributed by atoms with E-state index in [4.69, 9.17) is 0 Å². The van der Waals surface area contributed by atoms with E-state index in [-0.39, 0.29) is 12.4 Å². The topological polar surface area (TPSA) is 32.3 Å². The largest absolute Gasteiger partial charge is 0.337 e. The summed E-state index contributed by atoms with van der Waals surface area (Å²) in [5.41, 5.74) is 0. The van der Waals surface area contributed by atoms with E-state index in [1.54, 1.807) is 0 Å². The number of amides is 1. The first-order chi connectivity index (χ1) is 7.29. The van der Waals surface area contributed by atoms with Gasteiger partial charge in [0.2, 0.25) is 5.91 Å². The molecule has 3 nitrogen and oxygen atoms in total. The van der Waals surface area contributed by atoms with Gasteiger partial charge < -0.3 is 10.2 Å². The highest BCUT2D eigenvalue weighted by Crippen LogP contribution is 2.25. The Labute approximate surface area is 108 Å². The van der Waals surface area contributed by atoms with Gasteiger partial charge >= 0.3 is 0 Å². The van der Waals surface area contributed by atoms with Crippen molar-refractivity contribution in [3.05, 3.63) is 0 Å². The van der Waals surface area contributed by atoms with Gasteiger partial charge in [0.15, 0.2) is 0 Å². The molecule has 0 aromatic heterocycles. The summed E-state index contributed by atoms with van der Waals surface area (Å²) in [6.07, 6.45) is 2.17. The van der Waals surface area contributed by atoms with Crippen LogP contribution in [-0.4, -0.2) is 48.0 Å². The highest BCUT2D eigenvalue weighted by molar-refractivity contribution is 7.99. The number of hydrogen-bond donors (Lipinski definition) is 1. The molecule has 2 saturated heterocycles. The molecule has 0 saturated carbocycles. The van der Waals surface area contributed by atoms with E-state index < -0.39 is 0 Å². The molecule has 1 amide bonds. The van der Waals surface area contributed by atoms with E-state index in [1.165, 1.54) is 0 Å². The molecular formula is C11H21ClN2OS. The average molecular weight is 265 g/mol. The summed E-state index contributed by atoms with van der Waals surface area (Å²) < 4.78 is 0. The second-order valence-electron chi connectivity index (χ2n) is 4.47. The van der Waals surface area contributed by atoms with Crippen LogP contribution in [0.25, 0.3) is 0 Å². The fourth-order valence-electron chi connectivity index (χ4n) is 2.35. The number of nitrogens with one attached hydrogen (secondary N) is 1. The second-order valence-corrected chi connectivity index (χ2v) is 5.70. The lowest BCUT2D eigenvalue weighted by Gasteiger charge is -2.37. The molecule has 0 aliphatic carbocycles. The Kier molecular flexibility index (Phi) is 5.94. The lowest BCUT2D eigenvalue weighted by Crippen LogP contribution is -2.54. The predicted octanol–water partition coefficient (Wildman–Crippen LogP) is 1.37. The molecular weight excluding hydrogens is 244 g/mol. The monoisotopic (exact) mass is 264 g/mol. The zero-order chi connectivity index (χ0) is 10.7. The quantitative estimate of drug-likeness (QED) is 0.777. The molecule has 2 fully saturated rings. The third-order valence-corrected chi connectivity index (χ3v) is 4.40. The van der Waals surface area contributed by atoms with Crippen molar-refractivity contribution < 1.29 is 4.79 Å². The van der Waals surface area contributed by atoms with Crippen LogP contribution in [0.15, 0.2) is 0 Å². The summed E-state index contributed by atoms with van der Waals surface area (Å²) in [7, 11) is 0. The number of piperazine rings is 1. The Balaban J connectivity index is 0.00000128. The maximum Gasteiger partial charge on any atom is 0.226 e. The second kappa shape index (κ2) is 6.72. The summed E-state index contributed by atoms with van der Waals surface area (Å²) in [5.74, 6) is 3.05. The fourth-order valence-corrected chi connectivity index (χ4v) is 3.45. The standard InChI is InChI=1S/C11H20N2OS.ClH/c1-9-8-12-4-5-13(9)11(14)10-2-6-15-7-3-10;/h9-10,12H,2-8H2,1H3;1H/t9-;/m1./s1. The lowest BCUT2D eigenvalue weighted by molar-refractivity contribution is -0.138. The number of halogens is 1. The van der Waals surface area contributed by atoms with Crippen molar-refractivity contribution >= 4 is 30.1 Å². The van der Waals surface area contributed by atoms with Crippen molar-refractivity contribution in [2.45, 2.75) is 25.8 Å². The lowest BCUT2D eigenvalue weighted by atomic mass is 9.99. The Morgan fingerprint density at radius 3 is 2.69 bits per heavy atom. The molecule has 0 unspecified atom stereocenters. The number of thioether (sulfide) groups is 1. The molecule has 0 spiro atoms. The number of hydrogen-bond acceptors (Lipinski definition) is 3. The molecule has 2 rings (SSSR count). The first-order valence-electron chi connectivity index (χ1n) is 5.88. The molecule has 1 atom stereocenters. The van der Waals surface area contributed by atoms with Gasteiger partial charge in [-0.1, -0.05) is 0 Å². The molecule has 0 aromatic rings. The molecule has 0 aromatic carbocycles. The minimum Gasteiger partial charge on any atom is -0.337 e. The zero-order valence-electron chi connectivity index (χ0n) is 9.78. The Bertz CT molecular complexity index is 234. The summed E-state index contributed by atoms with van der Waals surface area (Å²) in [4.78, 5) is 14.3. The number of carbonyl (C=O) groups excluding carboxylic acids is 1. The third-order valence-electron chi connectivity index (χ3n) is 3.35. The molecule has 0 bridgehead atoms. The fraction of sp³-hybridized carbons (Fsp3) is 0.909. The van der Waals surface area contributed by atoms with Crippen LogP contribution in [0.5, 0.6) is 0 Å². The number of carbonyl (C=O) groups is 1. The average Bonchev–Trinajstić information content (AvgIpc) is 2.30. The van der Waals surface area contributed by atoms with Crippen molar-refractivity contribution in [1.29, 1.82) is 0 Å². The normalized spacial score (nSPS) is 27.3. The van der Waals surface area contributed by atoms with Crippen LogP contribution in [0.4, 0.5) is 0 Å². The van der Waals surface area contributed by atoms with Crippen molar-refractivity contribution in [2.24, 2.45) is 5.92 Å². The van der Waals surface area contributed by atoms with Crippen LogP contribution < -0.4 is 5.32 Å². The maximum atomic E-state index is 12.3. The van der Waals surface area contributed by atoms with E-state index >= 15 is 0 Å². The first-order valence-corrected chi connectivity index (χ1v) is 7.03. The molecule has 2 heterocycles. The Hall–Kier alpha value is 0.0700.